The first-order chi connectivity index (χ1) is 23.3. The lowest BCUT2D eigenvalue weighted by Gasteiger charge is -2.44. The Morgan fingerprint density at radius 3 is 2.33 bits per heavy atom. The van der Waals surface area contributed by atoms with Crippen molar-refractivity contribution in [3.63, 3.8) is 0 Å². The lowest BCUT2D eigenvalue weighted by atomic mass is 9.86. The summed E-state index contributed by atoms with van der Waals surface area (Å²) in [6.07, 6.45) is 5.84. The van der Waals surface area contributed by atoms with Crippen LogP contribution in [-0.4, -0.2) is 61.9 Å². The molecule has 4 aromatic rings. The number of anilines is 1. The fraction of sp³-hybridized carbons (Fsp3) is 0.333. The average molecular weight is 693 g/mol. The Labute approximate surface area is 289 Å². The number of esters is 1. The van der Waals surface area contributed by atoms with Crippen LogP contribution < -0.4 is 19.4 Å². The molecule has 0 radical (unpaired) electrons. The number of aromatic amines is 1. The zero-order valence-electron chi connectivity index (χ0n) is 26.7. The lowest BCUT2D eigenvalue weighted by Crippen LogP contribution is -2.53. The van der Waals surface area contributed by atoms with E-state index in [1.807, 2.05) is 6.07 Å². The molecule has 0 unspecified atom stereocenters. The predicted octanol–water partition coefficient (Wildman–Crippen LogP) is 6.60. The van der Waals surface area contributed by atoms with E-state index in [0.29, 0.717) is 50.0 Å². The highest BCUT2D eigenvalue weighted by Gasteiger charge is 2.37. The maximum atomic E-state index is 13.6. The van der Waals surface area contributed by atoms with Gasteiger partial charge in [-0.3, -0.25) is 9.80 Å². The van der Waals surface area contributed by atoms with Gasteiger partial charge in [0.2, 0.25) is 0 Å². The highest BCUT2D eigenvalue weighted by molar-refractivity contribution is 6.35. The number of carbonyl (C=O) groups is 2. The molecule has 3 fully saturated rings. The van der Waals surface area contributed by atoms with Gasteiger partial charge in [0.15, 0.2) is 23.9 Å². The zero-order chi connectivity index (χ0) is 33.6. The fourth-order valence-electron chi connectivity index (χ4n) is 6.25. The van der Waals surface area contributed by atoms with Gasteiger partial charge in [-0.25, -0.2) is 19.6 Å². The summed E-state index contributed by atoms with van der Waals surface area (Å²) in [4.78, 5) is 38.3. The van der Waals surface area contributed by atoms with Gasteiger partial charge >= 0.3 is 12.1 Å². The van der Waals surface area contributed by atoms with Crippen molar-refractivity contribution in [2.75, 3.05) is 38.8 Å². The summed E-state index contributed by atoms with van der Waals surface area (Å²) in [6, 6.07) is 17.7. The molecule has 2 aromatic heterocycles. The van der Waals surface area contributed by atoms with Gasteiger partial charge in [0.25, 0.3) is 0 Å². The highest BCUT2D eigenvalue weighted by Crippen LogP contribution is 2.36. The van der Waals surface area contributed by atoms with E-state index in [0.717, 1.165) is 38.0 Å². The Hall–Kier alpha value is -4.38. The Morgan fingerprint density at radius 2 is 1.71 bits per heavy atom. The van der Waals surface area contributed by atoms with Crippen molar-refractivity contribution in [2.45, 2.75) is 38.0 Å². The van der Waals surface area contributed by atoms with Gasteiger partial charge in [0.05, 0.1) is 26.3 Å². The molecule has 1 N–H and O–H groups in total. The van der Waals surface area contributed by atoms with Crippen LogP contribution in [0, 0.1) is 5.92 Å². The third-order valence-electron chi connectivity index (χ3n) is 8.94. The van der Waals surface area contributed by atoms with Gasteiger partial charge in [-0.15, -0.1) is 0 Å². The van der Waals surface area contributed by atoms with Crippen LogP contribution in [0.25, 0.3) is 0 Å². The summed E-state index contributed by atoms with van der Waals surface area (Å²) in [5, 5.41) is 0.829. The van der Waals surface area contributed by atoms with E-state index in [2.05, 4.69) is 14.9 Å². The molecule has 48 heavy (non-hydrogen) atoms. The summed E-state index contributed by atoms with van der Waals surface area (Å²) in [5.41, 5.74) is 2.42. The number of halogens is 2. The quantitative estimate of drug-likeness (QED) is 0.162. The third-order valence-corrected chi connectivity index (χ3v) is 9.61. The minimum atomic E-state index is -0.754. The number of benzene rings is 2. The first-order valence-corrected chi connectivity index (χ1v) is 16.6. The number of hydrogen-bond acceptors (Lipinski definition) is 8. The van der Waals surface area contributed by atoms with Crippen molar-refractivity contribution in [3.8, 4) is 11.5 Å². The predicted molar refractivity (Wildman–Crippen MR) is 181 cm³/mol. The van der Waals surface area contributed by atoms with Crippen molar-refractivity contribution in [1.29, 1.82) is 0 Å². The van der Waals surface area contributed by atoms with Gasteiger partial charge in [-0.05, 0) is 79.4 Å². The molecule has 10 nitrogen and oxygen atoms in total. The van der Waals surface area contributed by atoms with Crippen molar-refractivity contribution >= 4 is 41.1 Å². The summed E-state index contributed by atoms with van der Waals surface area (Å²) in [5.74, 6) is 1.35. The number of nitrogens with one attached hydrogen (secondary N) is 1. The minimum Gasteiger partial charge on any atom is -0.493 e. The van der Waals surface area contributed by atoms with Gasteiger partial charge in [-0.1, -0.05) is 47.5 Å². The van der Waals surface area contributed by atoms with Crippen molar-refractivity contribution in [2.24, 2.45) is 5.92 Å². The molecular formula is C36H37Cl2N4O6+. The molecule has 2 aromatic carbocycles. The van der Waals surface area contributed by atoms with Gasteiger partial charge in [0.1, 0.15) is 28.1 Å². The molecule has 12 heteroatoms. The fourth-order valence-corrected chi connectivity index (χ4v) is 6.79. The molecule has 0 aliphatic carbocycles. The standard InChI is InChI=1S/C36H36Cl2N4O6/c1-45-30-11-10-26(17-32(30)46-2)31(18-27-28(37)19-39-20-29(27)38)47-35(43)25-8-6-23(7-9-25)21-42(34-5-3-4-14-40-34)36(44)48-33-22-41-15-12-24(33)13-16-41/h3-11,14,17,19-20,24,31,33H,12-13,15-16,18,21-22H2,1-2H3/p+1/t31-,33-/m0/s1. The molecular weight excluding hydrogens is 655 g/mol. The smallest absolute Gasteiger partial charge is 0.416 e. The van der Waals surface area contributed by atoms with Crippen molar-refractivity contribution in [3.05, 3.63) is 112 Å². The first kappa shape index (κ1) is 33.5. The Kier molecular flexibility index (Phi) is 10.6. The van der Waals surface area contributed by atoms with E-state index < -0.39 is 18.2 Å². The normalized spacial score (nSPS) is 18.9. The maximum Gasteiger partial charge on any atom is 0.416 e. The molecule has 2 atom stereocenters. The number of piperidine rings is 3. The van der Waals surface area contributed by atoms with Crippen LogP contribution in [0.5, 0.6) is 11.5 Å². The lowest BCUT2D eigenvalue weighted by molar-refractivity contribution is -0.377. The molecule has 250 valence electrons. The second-order valence-electron chi connectivity index (χ2n) is 11.9. The summed E-state index contributed by atoms with van der Waals surface area (Å²) in [7, 11) is 3.09. The number of nitrogens with zero attached hydrogens (tertiary/aromatic N) is 3. The van der Waals surface area contributed by atoms with Crippen LogP contribution in [0.1, 0.15) is 46.0 Å². The Balaban J connectivity index is 1.20. The number of aromatic nitrogens is 2. The number of fused-ring (bicyclic) bond motifs is 3. The maximum absolute atomic E-state index is 13.6. The van der Waals surface area contributed by atoms with E-state index in [9.17, 15) is 9.59 Å². The average Bonchev–Trinajstić information content (AvgIpc) is 3.12. The van der Waals surface area contributed by atoms with E-state index in [4.69, 9.17) is 42.1 Å². The molecule has 3 aliphatic rings. The second kappa shape index (κ2) is 15.2. The largest absolute Gasteiger partial charge is 0.493 e. The number of pyridine rings is 2. The van der Waals surface area contributed by atoms with Crippen LogP contribution in [0.4, 0.5) is 10.6 Å². The van der Waals surface area contributed by atoms with Crippen LogP contribution in [0.2, 0.25) is 10.0 Å². The van der Waals surface area contributed by atoms with Gasteiger partial charge in [0, 0.05) is 24.7 Å². The first-order valence-electron chi connectivity index (χ1n) is 15.8. The molecule has 0 spiro atoms. The molecule has 5 heterocycles. The number of methoxy groups -OCH3 is 2. The number of hydrogen-bond donors (Lipinski definition) is 0. The van der Waals surface area contributed by atoms with Gasteiger partial charge in [-0.2, -0.15) is 0 Å². The minimum absolute atomic E-state index is 0.138. The molecule has 1 amide bonds. The van der Waals surface area contributed by atoms with Crippen LogP contribution in [0.3, 0.4) is 0 Å². The summed E-state index contributed by atoms with van der Waals surface area (Å²) in [6.45, 7) is 3.08. The van der Waals surface area contributed by atoms with Crippen LogP contribution in [0.15, 0.2) is 79.3 Å². The topological polar surface area (TPSA) is 105 Å². The van der Waals surface area contributed by atoms with Gasteiger partial charge < -0.3 is 18.9 Å². The van der Waals surface area contributed by atoms with E-state index >= 15 is 0 Å². The van der Waals surface area contributed by atoms with E-state index in [1.54, 1.807) is 80.3 Å². The summed E-state index contributed by atoms with van der Waals surface area (Å²) < 4.78 is 23.0. The number of carbonyl (C=O) groups excluding carboxylic acids is 2. The monoisotopic (exact) mass is 691 g/mol. The van der Waals surface area contributed by atoms with Crippen molar-refractivity contribution < 1.29 is 33.5 Å². The molecule has 3 saturated heterocycles. The molecule has 0 saturated carbocycles. The van der Waals surface area contributed by atoms with Crippen LogP contribution in [-0.2, 0) is 22.4 Å². The number of H-pyrrole nitrogens is 1. The highest BCUT2D eigenvalue weighted by atomic mass is 35.5. The van der Waals surface area contributed by atoms with Crippen LogP contribution >= 0.6 is 23.2 Å². The second-order valence-corrected chi connectivity index (χ2v) is 12.7. The van der Waals surface area contributed by atoms with E-state index in [-0.39, 0.29) is 19.1 Å². The summed E-state index contributed by atoms with van der Waals surface area (Å²) >= 11 is 12.9. The molecule has 7 rings (SSSR count). The SMILES string of the molecule is COc1ccc([C@H](Cc2c(Cl)c[nH+]cc2Cl)OC(=O)c2ccc(CN(C(=O)O[C@H]3CN4CCC3CC4)c3ccccn3)cc2)cc1OC. The van der Waals surface area contributed by atoms with Crippen molar-refractivity contribution in [1.82, 2.24) is 9.88 Å². The molecule has 3 aliphatic heterocycles. The van der Waals surface area contributed by atoms with E-state index in [1.165, 1.54) is 12.0 Å². The zero-order valence-corrected chi connectivity index (χ0v) is 28.2. The Bertz CT molecular complexity index is 1710. The Morgan fingerprint density at radius 1 is 0.979 bits per heavy atom. The third kappa shape index (κ3) is 7.67. The number of amides is 1. The number of rotatable bonds is 11. The molecule has 2 bridgehead atoms. The number of ether oxygens (including phenoxy) is 4.